The van der Waals surface area contributed by atoms with E-state index < -0.39 is 0 Å². The fourth-order valence-electron chi connectivity index (χ4n) is 6.22. The second-order valence-corrected chi connectivity index (χ2v) is 11.4. The molecule has 3 fully saturated rings. The van der Waals surface area contributed by atoms with Crippen LogP contribution in [-0.2, 0) is 9.59 Å². The first-order valence-electron chi connectivity index (χ1n) is 11.2. The molecular weight excluding hydrogens is 548 g/mol. The van der Waals surface area contributed by atoms with Crippen LogP contribution in [0.3, 0.4) is 0 Å². The third-order valence-corrected chi connectivity index (χ3v) is 8.84. The lowest BCUT2D eigenvalue weighted by atomic mass is 9.63. The third-order valence-electron chi connectivity index (χ3n) is 7.82. The van der Waals surface area contributed by atoms with Crippen molar-refractivity contribution in [3.05, 3.63) is 74.7 Å². The standard InChI is InChI=1S/C26H22Br2N2O3/c1-13-10-16(28)6-9-21(13)29(24(31)14-2-4-15(27)5-3-14)12-30-25(32)22-17-7-8-18(20-11-19(17)20)23(22)26(30)33/h2-10,17-20,22-23H,11-12H2,1H3. The summed E-state index contributed by atoms with van der Waals surface area (Å²) in [5.74, 6) is 0.384. The lowest BCUT2D eigenvalue weighted by Gasteiger charge is -2.37. The van der Waals surface area contributed by atoms with Gasteiger partial charge in [-0.05, 0) is 85.0 Å². The molecule has 6 atom stereocenters. The monoisotopic (exact) mass is 568 g/mol. The van der Waals surface area contributed by atoms with E-state index in [1.807, 2.05) is 37.3 Å². The predicted octanol–water partition coefficient (Wildman–Crippen LogP) is 5.18. The second-order valence-electron chi connectivity index (χ2n) is 9.57. The van der Waals surface area contributed by atoms with Gasteiger partial charge in [-0.3, -0.25) is 24.2 Å². The Morgan fingerprint density at radius 1 is 0.939 bits per heavy atom. The number of benzene rings is 2. The maximum absolute atomic E-state index is 13.6. The lowest BCUT2D eigenvalue weighted by molar-refractivity contribution is -0.140. The average molecular weight is 570 g/mol. The summed E-state index contributed by atoms with van der Waals surface area (Å²) in [6.45, 7) is 1.85. The third kappa shape index (κ3) is 3.27. The molecule has 1 saturated heterocycles. The fourth-order valence-corrected chi connectivity index (χ4v) is 6.96. The van der Waals surface area contributed by atoms with Gasteiger partial charge in [0.15, 0.2) is 0 Å². The van der Waals surface area contributed by atoms with Crippen LogP contribution in [0.2, 0.25) is 0 Å². The van der Waals surface area contributed by atoms with Gasteiger partial charge in [-0.25, -0.2) is 0 Å². The quantitative estimate of drug-likeness (QED) is 0.377. The van der Waals surface area contributed by atoms with E-state index in [0.717, 1.165) is 20.9 Å². The van der Waals surface area contributed by atoms with Crippen molar-refractivity contribution in [2.45, 2.75) is 13.3 Å². The maximum atomic E-state index is 13.6. The van der Waals surface area contributed by atoms with Crippen LogP contribution in [0.4, 0.5) is 5.69 Å². The topological polar surface area (TPSA) is 57.7 Å². The summed E-state index contributed by atoms with van der Waals surface area (Å²) >= 11 is 6.89. The molecule has 2 saturated carbocycles. The predicted molar refractivity (Wildman–Crippen MR) is 131 cm³/mol. The molecule has 1 aliphatic heterocycles. The van der Waals surface area contributed by atoms with Crippen molar-refractivity contribution in [3.8, 4) is 0 Å². The minimum Gasteiger partial charge on any atom is -0.289 e. The molecule has 5 nitrogen and oxygen atoms in total. The van der Waals surface area contributed by atoms with Crippen molar-refractivity contribution in [1.82, 2.24) is 4.90 Å². The van der Waals surface area contributed by atoms with Crippen molar-refractivity contribution in [1.29, 1.82) is 0 Å². The summed E-state index contributed by atoms with van der Waals surface area (Å²) in [7, 11) is 0. The van der Waals surface area contributed by atoms with E-state index in [0.29, 0.717) is 23.1 Å². The van der Waals surface area contributed by atoms with Crippen LogP contribution >= 0.6 is 31.9 Å². The highest BCUT2D eigenvalue weighted by Crippen LogP contribution is 2.65. The SMILES string of the molecule is Cc1cc(Br)ccc1N(CN1C(=O)C2C3C=CC(C4CC34)C2C1=O)C(=O)c1ccc(Br)cc1. The van der Waals surface area contributed by atoms with Gasteiger partial charge in [0.25, 0.3) is 5.91 Å². The molecule has 0 N–H and O–H groups in total. The molecule has 2 bridgehead atoms. The number of hydrogen-bond donors (Lipinski definition) is 0. The summed E-state index contributed by atoms with van der Waals surface area (Å²) in [6.07, 6.45) is 5.46. The molecule has 0 radical (unpaired) electrons. The first kappa shape index (κ1) is 21.3. The summed E-state index contributed by atoms with van der Waals surface area (Å²) in [4.78, 5) is 43.6. The van der Waals surface area contributed by atoms with E-state index in [2.05, 4.69) is 44.0 Å². The van der Waals surface area contributed by atoms with E-state index in [1.165, 1.54) is 4.90 Å². The molecule has 3 amide bonds. The van der Waals surface area contributed by atoms with Crippen molar-refractivity contribution >= 4 is 55.3 Å². The minimum atomic E-state index is -0.271. The Labute approximate surface area is 209 Å². The van der Waals surface area contributed by atoms with Crippen LogP contribution in [0, 0.1) is 42.4 Å². The van der Waals surface area contributed by atoms with Crippen LogP contribution in [-0.4, -0.2) is 29.3 Å². The summed E-state index contributed by atoms with van der Waals surface area (Å²) in [5.41, 5.74) is 2.07. The van der Waals surface area contributed by atoms with Crippen molar-refractivity contribution < 1.29 is 14.4 Å². The van der Waals surface area contributed by atoms with E-state index >= 15 is 0 Å². The highest BCUT2D eigenvalue weighted by Gasteiger charge is 2.67. The summed E-state index contributed by atoms with van der Waals surface area (Å²) < 4.78 is 1.78. The molecule has 6 unspecified atom stereocenters. The molecular formula is C26H22Br2N2O3. The lowest BCUT2D eigenvalue weighted by Crippen LogP contribution is -2.45. The van der Waals surface area contributed by atoms with E-state index in [1.54, 1.807) is 17.0 Å². The maximum Gasteiger partial charge on any atom is 0.259 e. The zero-order valence-electron chi connectivity index (χ0n) is 17.9. The number of allylic oxidation sites excluding steroid dienone is 2. The first-order chi connectivity index (χ1) is 15.8. The Hall–Kier alpha value is -2.25. The van der Waals surface area contributed by atoms with E-state index in [9.17, 15) is 14.4 Å². The number of halogens is 2. The van der Waals surface area contributed by atoms with E-state index in [4.69, 9.17) is 0 Å². The number of amides is 3. The largest absolute Gasteiger partial charge is 0.289 e. The molecule has 2 aromatic rings. The van der Waals surface area contributed by atoms with Gasteiger partial charge >= 0.3 is 0 Å². The summed E-state index contributed by atoms with van der Waals surface area (Å²) in [5, 5.41) is 0. The van der Waals surface area contributed by atoms with Crippen LogP contribution in [0.1, 0.15) is 22.3 Å². The Balaban J connectivity index is 1.36. The zero-order chi connectivity index (χ0) is 23.0. The zero-order valence-corrected chi connectivity index (χ0v) is 21.1. The number of aryl methyl sites for hydroxylation is 1. The molecule has 33 heavy (non-hydrogen) atoms. The van der Waals surface area contributed by atoms with Gasteiger partial charge in [0.2, 0.25) is 11.8 Å². The van der Waals surface area contributed by atoms with Gasteiger partial charge in [-0.15, -0.1) is 0 Å². The molecule has 0 aromatic heterocycles. The number of nitrogens with zero attached hydrogens (tertiary/aromatic N) is 2. The number of carbonyl (C=O) groups excluding carboxylic acids is 3. The summed E-state index contributed by atoms with van der Waals surface area (Å²) in [6, 6.07) is 12.8. The highest BCUT2D eigenvalue weighted by molar-refractivity contribution is 9.10. The smallest absolute Gasteiger partial charge is 0.259 e. The van der Waals surface area contributed by atoms with Crippen LogP contribution in [0.25, 0.3) is 0 Å². The van der Waals surface area contributed by atoms with Gasteiger partial charge < -0.3 is 0 Å². The molecule has 7 heteroatoms. The van der Waals surface area contributed by atoms with Crippen molar-refractivity contribution in [2.24, 2.45) is 35.5 Å². The number of rotatable bonds is 4. The van der Waals surface area contributed by atoms with Gasteiger partial charge in [0, 0.05) is 20.2 Å². The normalized spacial score (nSPS) is 30.9. The molecule has 168 valence electrons. The second kappa shape index (κ2) is 7.64. The first-order valence-corrected chi connectivity index (χ1v) is 12.8. The van der Waals surface area contributed by atoms with Crippen molar-refractivity contribution in [2.75, 3.05) is 11.6 Å². The number of imide groups is 1. The molecule has 1 heterocycles. The van der Waals surface area contributed by atoms with E-state index in [-0.39, 0.29) is 48.1 Å². The Morgan fingerprint density at radius 3 is 2.09 bits per heavy atom. The Bertz CT molecular complexity index is 1190. The fraction of sp³-hybridized carbons (Fsp3) is 0.346. The van der Waals surface area contributed by atoms with Gasteiger partial charge in [-0.2, -0.15) is 0 Å². The van der Waals surface area contributed by atoms with Gasteiger partial charge in [0.05, 0.1) is 11.8 Å². The van der Waals surface area contributed by atoms with Crippen LogP contribution in [0.15, 0.2) is 63.6 Å². The molecule has 2 aromatic carbocycles. The number of hydrogen-bond acceptors (Lipinski definition) is 3. The highest BCUT2D eigenvalue weighted by atomic mass is 79.9. The molecule has 7 rings (SSSR count). The molecule has 4 aliphatic carbocycles. The van der Waals surface area contributed by atoms with Crippen LogP contribution in [0.5, 0.6) is 0 Å². The van der Waals surface area contributed by atoms with Crippen molar-refractivity contribution in [3.63, 3.8) is 0 Å². The van der Waals surface area contributed by atoms with Gasteiger partial charge in [-0.1, -0.05) is 44.0 Å². The Kier molecular flexibility index (Phi) is 4.93. The number of carbonyl (C=O) groups is 3. The average Bonchev–Trinajstić information content (AvgIpc) is 3.58. The number of likely N-dealkylation sites (tertiary alicyclic amines) is 1. The minimum absolute atomic E-state index is 0.0726. The van der Waals surface area contributed by atoms with Gasteiger partial charge in [0.1, 0.15) is 6.67 Å². The molecule has 5 aliphatic rings. The Morgan fingerprint density at radius 2 is 1.52 bits per heavy atom. The van der Waals surface area contributed by atoms with Crippen LogP contribution < -0.4 is 4.90 Å². The number of anilines is 1. The molecule has 0 spiro atoms.